The third kappa shape index (κ3) is 4.89. The van der Waals surface area contributed by atoms with Crippen LogP contribution in [0.5, 0.6) is 0 Å². The van der Waals surface area contributed by atoms with E-state index >= 15 is 0 Å². The number of halogens is 2. The number of hydrogen-bond donors (Lipinski definition) is 2. The van der Waals surface area contributed by atoms with E-state index in [1.807, 2.05) is 0 Å². The lowest BCUT2D eigenvalue weighted by molar-refractivity contribution is 0.0291. The fraction of sp³-hybridized carbons (Fsp3) is 0.333. The molecular formula is C24H25ClFN5O3. The summed E-state index contributed by atoms with van der Waals surface area (Å²) in [5, 5.41) is 4.01. The average molecular weight is 486 g/mol. The molecule has 3 N–H and O–H groups in total. The lowest BCUT2D eigenvalue weighted by Crippen LogP contribution is -2.36. The molecule has 0 bridgehead atoms. The zero-order chi connectivity index (χ0) is 24.6. The Bertz CT molecular complexity index is 1260. The molecule has 2 amide bonds. The number of hydrogen-bond acceptors (Lipinski definition) is 6. The monoisotopic (exact) mass is 485 g/mol. The molecule has 2 heterocycles. The van der Waals surface area contributed by atoms with Crippen molar-refractivity contribution in [3.05, 3.63) is 64.7 Å². The van der Waals surface area contributed by atoms with Gasteiger partial charge < -0.3 is 20.7 Å². The number of primary amides is 1. The van der Waals surface area contributed by atoms with E-state index in [1.54, 1.807) is 56.0 Å². The van der Waals surface area contributed by atoms with Crippen LogP contribution in [0.1, 0.15) is 42.6 Å². The van der Waals surface area contributed by atoms with Crippen molar-refractivity contribution in [2.24, 2.45) is 5.73 Å². The summed E-state index contributed by atoms with van der Waals surface area (Å²) in [6.45, 7) is 6.06. The van der Waals surface area contributed by atoms with E-state index in [9.17, 15) is 14.0 Å². The van der Waals surface area contributed by atoms with Crippen molar-refractivity contribution in [2.75, 3.05) is 18.4 Å². The highest BCUT2D eigenvalue weighted by atomic mass is 35.5. The highest BCUT2D eigenvalue weighted by Gasteiger charge is 2.38. The SMILES string of the molecule is CC(C)(C)OC(=O)N1CC(Nc2ncnc3c(C(N)=O)cccc23)C(c2ccc(F)c(Cl)c2)C1. The molecule has 2 unspecified atom stereocenters. The zero-order valence-electron chi connectivity index (χ0n) is 19.0. The minimum absolute atomic E-state index is 0.00514. The van der Waals surface area contributed by atoms with Gasteiger partial charge in [-0.3, -0.25) is 4.79 Å². The van der Waals surface area contributed by atoms with Crippen LogP contribution in [0.4, 0.5) is 15.0 Å². The summed E-state index contributed by atoms with van der Waals surface area (Å²) in [5.74, 6) is -0.846. The number of nitrogens with zero attached hydrogens (tertiary/aromatic N) is 3. The second-order valence-corrected chi connectivity index (χ2v) is 9.61. The number of anilines is 1. The standard InChI is InChI=1S/C24H25ClFN5O3/c1-24(2,3)34-23(33)31-10-16(13-7-8-18(26)17(25)9-13)19(11-31)30-22-15-6-4-5-14(21(27)32)20(15)28-12-29-22/h4-9,12,16,19H,10-11H2,1-3H3,(H2,27,32)(H,28,29,30). The smallest absolute Gasteiger partial charge is 0.410 e. The molecule has 1 fully saturated rings. The van der Waals surface area contributed by atoms with Gasteiger partial charge in [-0.15, -0.1) is 0 Å². The molecule has 1 saturated heterocycles. The third-order valence-electron chi connectivity index (χ3n) is 5.60. The summed E-state index contributed by atoms with van der Waals surface area (Å²) in [6, 6.07) is 9.32. The van der Waals surface area contributed by atoms with Gasteiger partial charge in [0, 0.05) is 24.4 Å². The first-order valence-corrected chi connectivity index (χ1v) is 11.1. The number of carbonyl (C=O) groups is 2. The van der Waals surface area contributed by atoms with Crippen LogP contribution in [0.2, 0.25) is 5.02 Å². The molecule has 10 heteroatoms. The molecule has 3 aromatic rings. The van der Waals surface area contributed by atoms with Gasteiger partial charge in [-0.2, -0.15) is 0 Å². The summed E-state index contributed by atoms with van der Waals surface area (Å²) in [5.41, 5.74) is 6.33. The zero-order valence-corrected chi connectivity index (χ0v) is 19.8. The van der Waals surface area contributed by atoms with Crippen molar-refractivity contribution >= 4 is 40.3 Å². The normalized spacial score (nSPS) is 18.2. The number of para-hydroxylation sites is 1. The minimum Gasteiger partial charge on any atom is -0.444 e. The van der Waals surface area contributed by atoms with Crippen molar-refractivity contribution in [1.29, 1.82) is 0 Å². The molecule has 4 rings (SSSR count). The number of likely N-dealkylation sites (tertiary alicyclic amines) is 1. The van der Waals surface area contributed by atoms with Crippen molar-refractivity contribution in [3.8, 4) is 0 Å². The summed E-state index contributed by atoms with van der Waals surface area (Å²) in [7, 11) is 0. The fourth-order valence-electron chi connectivity index (χ4n) is 4.08. The lowest BCUT2D eigenvalue weighted by Gasteiger charge is -2.24. The van der Waals surface area contributed by atoms with Crippen molar-refractivity contribution in [2.45, 2.75) is 38.3 Å². The number of fused-ring (bicyclic) bond motifs is 1. The summed E-state index contributed by atoms with van der Waals surface area (Å²) >= 11 is 6.05. The molecule has 1 aliphatic heterocycles. The van der Waals surface area contributed by atoms with E-state index in [1.165, 1.54) is 12.4 Å². The number of amides is 2. The molecular weight excluding hydrogens is 461 g/mol. The number of carbonyl (C=O) groups excluding carboxylic acids is 2. The predicted octanol–water partition coefficient (Wildman–Crippen LogP) is 4.34. The molecule has 8 nitrogen and oxygen atoms in total. The summed E-state index contributed by atoms with van der Waals surface area (Å²) in [6.07, 6.45) is 0.903. The second-order valence-electron chi connectivity index (χ2n) is 9.20. The van der Waals surface area contributed by atoms with Gasteiger partial charge in [0.2, 0.25) is 0 Å². The highest BCUT2D eigenvalue weighted by molar-refractivity contribution is 6.30. The molecule has 2 atom stereocenters. The second kappa shape index (κ2) is 9.06. The average Bonchev–Trinajstić information content (AvgIpc) is 3.18. The number of nitrogens with two attached hydrogens (primary N) is 1. The van der Waals surface area contributed by atoms with Crippen molar-refractivity contribution < 1.29 is 18.7 Å². The fourth-order valence-corrected chi connectivity index (χ4v) is 4.27. The van der Waals surface area contributed by atoms with Gasteiger partial charge in [0.25, 0.3) is 5.91 Å². The van der Waals surface area contributed by atoms with Gasteiger partial charge in [0.15, 0.2) is 0 Å². The Morgan fingerprint density at radius 2 is 1.97 bits per heavy atom. The molecule has 2 aromatic carbocycles. The predicted molar refractivity (Wildman–Crippen MR) is 127 cm³/mol. The van der Waals surface area contributed by atoms with Gasteiger partial charge in [-0.05, 0) is 50.6 Å². The molecule has 0 aliphatic carbocycles. The van der Waals surface area contributed by atoms with Crippen LogP contribution in [0.3, 0.4) is 0 Å². The molecule has 0 saturated carbocycles. The van der Waals surface area contributed by atoms with Crippen LogP contribution in [-0.2, 0) is 4.74 Å². The number of ether oxygens (including phenoxy) is 1. The summed E-state index contributed by atoms with van der Waals surface area (Å²) < 4.78 is 19.4. The van der Waals surface area contributed by atoms with E-state index in [0.717, 1.165) is 5.56 Å². The Hall–Kier alpha value is -3.46. The third-order valence-corrected chi connectivity index (χ3v) is 5.89. The minimum atomic E-state index is -0.648. The molecule has 178 valence electrons. The lowest BCUT2D eigenvalue weighted by atomic mass is 9.94. The van der Waals surface area contributed by atoms with E-state index in [0.29, 0.717) is 29.8 Å². The Balaban J connectivity index is 1.70. The molecule has 0 spiro atoms. The highest BCUT2D eigenvalue weighted by Crippen LogP contribution is 2.34. The Morgan fingerprint density at radius 1 is 1.21 bits per heavy atom. The van der Waals surface area contributed by atoms with E-state index in [2.05, 4.69) is 15.3 Å². The number of benzene rings is 2. The Kier molecular flexibility index (Phi) is 6.31. The number of rotatable bonds is 4. The van der Waals surface area contributed by atoms with Crippen LogP contribution < -0.4 is 11.1 Å². The summed E-state index contributed by atoms with van der Waals surface area (Å²) in [4.78, 5) is 34.8. The molecule has 0 radical (unpaired) electrons. The van der Waals surface area contributed by atoms with Crippen LogP contribution in [0.25, 0.3) is 10.9 Å². The van der Waals surface area contributed by atoms with Gasteiger partial charge in [0.05, 0.1) is 22.1 Å². The van der Waals surface area contributed by atoms with Gasteiger partial charge in [-0.1, -0.05) is 23.7 Å². The molecule has 1 aliphatic rings. The first-order valence-electron chi connectivity index (χ1n) is 10.8. The molecule has 34 heavy (non-hydrogen) atoms. The van der Waals surface area contributed by atoms with Crippen LogP contribution in [-0.4, -0.2) is 51.6 Å². The topological polar surface area (TPSA) is 110 Å². The first kappa shape index (κ1) is 23.7. The maximum absolute atomic E-state index is 13.8. The maximum Gasteiger partial charge on any atom is 0.410 e. The number of nitrogens with one attached hydrogen (secondary N) is 1. The van der Waals surface area contributed by atoms with Crippen molar-refractivity contribution in [3.63, 3.8) is 0 Å². The van der Waals surface area contributed by atoms with Gasteiger partial charge in [-0.25, -0.2) is 19.2 Å². The van der Waals surface area contributed by atoms with E-state index < -0.39 is 23.4 Å². The van der Waals surface area contributed by atoms with E-state index in [-0.39, 0.29) is 22.5 Å². The Labute approximate surface area is 201 Å². The van der Waals surface area contributed by atoms with Crippen LogP contribution in [0.15, 0.2) is 42.7 Å². The first-order chi connectivity index (χ1) is 16.0. The van der Waals surface area contributed by atoms with Gasteiger partial charge >= 0.3 is 6.09 Å². The molecule has 1 aromatic heterocycles. The largest absolute Gasteiger partial charge is 0.444 e. The van der Waals surface area contributed by atoms with Crippen molar-refractivity contribution in [1.82, 2.24) is 14.9 Å². The number of aromatic nitrogens is 2. The quantitative estimate of drug-likeness (QED) is 0.569. The van der Waals surface area contributed by atoms with Crippen LogP contribution >= 0.6 is 11.6 Å². The van der Waals surface area contributed by atoms with Gasteiger partial charge in [0.1, 0.15) is 23.6 Å². The van der Waals surface area contributed by atoms with E-state index in [4.69, 9.17) is 22.1 Å². The Morgan fingerprint density at radius 3 is 2.65 bits per heavy atom. The maximum atomic E-state index is 13.8. The van der Waals surface area contributed by atoms with Crippen LogP contribution in [0, 0.1) is 5.82 Å².